The Morgan fingerprint density at radius 1 is 1.08 bits per heavy atom. The van der Waals surface area contributed by atoms with Gasteiger partial charge in [0, 0.05) is 13.2 Å². The topological polar surface area (TPSA) is 194 Å². The molecule has 1 aliphatic heterocycles. The van der Waals surface area contributed by atoms with Crippen molar-refractivity contribution in [2.75, 3.05) is 26.4 Å². The standard InChI is InChI=1S/C22H40N6O8/c1-6-11-34-21(31)27-16(12-35-22(32)36-13(3)4)18(30)25-14(5)17(29)26-15-9-8-10-28(20(23)24)19(15)33-7-2/h13-16,19H,6-12H2,1-5H3,(H3,23,24)(H,25,30)(H,26,29)(H,27,31)/t14-,15-,16+,19?/m0/s1. The Morgan fingerprint density at radius 3 is 2.36 bits per heavy atom. The van der Waals surface area contributed by atoms with Gasteiger partial charge >= 0.3 is 12.2 Å². The summed E-state index contributed by atoms with van der Waals surface area (Å²) in [5.41, 5.74) is 5.66. The molecule has 0 saturated carbocycles. The van der Waals surface area contributed by atoms with Crippen LogP contribution in [-0.4, -0.2) is 91.7 Å². The number of hydrogen-bond donors (Lipinski definition) is 5. The van der Waals surface area contributed by atoms with Crippen molar-refractivity contribution in [2.45, 2.75) is 84.3 Å². The van der Waals surface area contributed by atoms with Crippen molar-refractivity contribution in [1.29, 1.82) is 5.41 Å². The average Bonchev–Trinajstić information content (AvgIpc) is 2.80. The van der Waals surface area contributed by atoms with E-state index in [1.807, 2.05) is 0 Å². The number of nitrogens with one attached hydrogen (secondary N) is 4. The Labute approximate surface area is 211 Å². The molecule has 1 heterocycles. The van der Waals surface area contributed by atoms with E-state index in [9.17, 15) is 19.2 Å². The van der Waals surface area contributed by atoms with E-state index in [4.69, 9.17) is 30.1 Å². The first-order valence-corrected chi connectivity index (χ1v) is 12.1. The fourth-order valence-electron chi connectivity index (χ4n) is 3.37. The lowest BCUT2D eigenvalue weighted by Gasteiger charge is -2.41. The van der Waals surface area contributed by atoms with Crippen LogP contribution >= 0.6 is 0 Å². The van der Waals surface area contributed by atoms with E-state index in [2.05, 4.69) is 16.0 Å². The zero-order valence-electron chi connectivity index (χ0n) is 21.6. The van der Waals surface area contributed by atoms with E-state index in [0.29, 0.717) is 32.4 Å². The molecule has 0 aromatic carbocycles. The summed E-state index contributed by atoms with van der Waals surface area (Å²) in [7, 11) is 0. The van der Waals surface area contributed by atoms with Crippen LogP contribution in [-0.2, 0) is 28.5 Å². The van der Waals surface area contributed by atoms with E-state index in [-0.39, 0.29) is 12.6 Å². The molecule has 0 aromatic heterocycles. The van der Waals surface area contributed by atoms with Gasteiger partial charge in [0.25, 0.3) is 0 Å². The summed E-state index contributed by atoms with van der Waals surface area (Å²) >= 11 is 0. The molecule has 3 amide bonds. The third-order valence-electron chi connectivity index (χ3n) is 5.04. The zero-order chi connectivity index (χ0) is 27.3. The highest BCUT2D eigenvalue weighted by Crippen LogP contribution is 2.18. The van der Waals surface area contributed by atoms with E-state index in [1.54, 1.807) is 32.6 Å². The lowest BCUT2D eigenvalue weighted by atomic mass is 10.0. The molecule has 1 fully saturated rings. The van der Waals surface area contributed by atoms with Crippen molar-refractivity contribution in [3.63, 3.8) is 0 Å². The number of nitrogens with two attached hydrogens (primary N) is 1. The van der Waals surface area contributed by atoms with Crippen LogP contribution in [0.25, 0.3) is 0 Å². The predicted octanol–water partition coefficient (Wildman–Crippen LogP) is 0.394. The molecule has 0 bridgehead atoms. The third kappa shape index (κ3) is 10.5. The molecule has 0 aromatic rings. The minimum absolute atomic E-state index is 0.134. The fourth-order valence-corrected chi connectivity index (χ4v) is 3.37. The van der Waals surface area contributed by atoms with Crippen LogP contribution < -0.4 is 21.7 Å². The van der Waals surface area contributed by atoms with Crippen molar-refractivity contribution in [2.24, 2.45) is 5.73 Å². The molecule has 0 radical (unpaired) electrons. The number of nitrogens with zero attached hydrogens (tertiary/aromatic N) is 1. The van der Waals surface area contributed by atoms with Gasteiger partial charge in [-0.25, -0.2) is 9.59 Å². The zero-order valence-corrected chi connectivity index (χ0v) is 21.6. The third-order valence-corrected chi connectivity index (χ3v) is 5.04. The van der Waals surface area contributed by atoms with Crippen LogP contribution in [0.4, 0.5) is 9.59 Å². The quantitative estimate of drug-likeness (QED) is 0.138. The predicted molar refractivity (Wildman–Crippen MR) is 129 cm³/mol. The molecule has 6 N–H and O–H groups in total. The molecule has 4 atom stereocenters. The van der Waals surface area contributed by atoms with Crippen LogP contribution in [0, 0.1) is 5.41 Å². The van der Waals surface area contributed by atoms with Gasteiger partial charge in [0.1, 0.15) is 18.7 Å². The first-order valence-electron chi connectivity index (χ1n) is 12.1. The maximum absolute atomic E-state index is 12.8. The first-order chi connectivity index (χ1) is 17.0. The van der Waals surface area contributed by atoms with Gasteiger partial charge in [-0.05, 0) is 47.0 Å². The number of carbonyl (C=O) groups excluding carboxylic acids is 4. The molecule has 14 heteroatoms. The molecule has 0 aliphatic carbocycles. The number of amides is 3. The fraction of sp³-hybridized carbons (Fsp3) is 0.773. The van der Waals surface area contributed by atoms with E-state index in [0.717, 1.165) is 0 Å². The lowest BCUT2D eigenvalue weighted by molar-refractivity contribution is -0.132. The van der Waals surface area contributed by atoms with Crippen molar-refractivity contribution in [1.82, 2.24) is 20.9 Å². The Bertz CT molecular complexity index is 765. The maximum Gasteiger partial charge on any atom is 0.508 e. The minimum Gasteiger partial charge on any atom is -0.450 e. The Morgan fingerprint density at radius 2 is 1.78 bits per heavy atom. The Balaban J connectivity index is 2.81. The van der Waals surface area contributed by atoms with Gasteiger partial charge in [-0.1, -0.05) is 6.92 Å². The van der Waals surface area contributed by atoms with Crippen LogP contribution in [0.2, 0.25) is 0 Å². The largest absolute Gasteiger partial charge is 0.508 e. The second kappa shape index (κ2) is 15.7. The number of piperidine rings is 1. The number of hydrogen-bond acceptors (Lipinski definition) is 9. The summed E-state index contributed by atoms with van der Waals surface area (Å²) in [6.45, 7) is 8.81. The minimum atomic E-state index is -1.33. The smallest absolute Gasteiger partial charge is 0.450 e. The molecule has 1 aliphatic rings. The van der Waals surface area contributed by atoms with E-state index < -0.39 is 61.1 Å². The number of rotatable bonds is 12. The molecule has 1 saturated heterocycles. The molecular formula is C22H40N6O8. The van der Waals surface area contributed by atoms with Gasteiger partial charge in [-0.3, -0.25) is 15.0 Å². The van der Waals surface area contributed by atoms with E-state index >= 15 is 0 Å². The van der Waals surface area contributed by atoms with Crippen LogP contribution in [0.15, 0.2) is 0 Å². The van der Waals surface area contributed by atoms with E-state index in [1.165, 1.54) is 6.92 Å². The van der Waals surface area contributed by atoms with Gasteiger partial charge in [-0.2, -0.15) is 0 Å². The Hall–Kier alpha value is -3.29. The van der Waals surface area contributed by atoms with Crippen molar-refractivity contribution in [3.05, 3.63) is 0 Å². The van der Waals surface area contributed by atoms with Crippen molar-refractivity contribution in [3.8, 4) is 0 Å². The summed E-state index contributed by atoms with van der Waals surface area (Å²) in [5, 5.41) is 15.4. The number of likely N-dealkylation sites (tertiary alicyclic amines) is 1. The highest BCUT2D eigenvalue weighted by molar-refractivity contribution is 5.91. The summed E-state index contributed by atoms with van der Waals surface area (Å²) in [4.78, 5) is 51.0. The number of ether oxygens (including phenoxy) is 4. The van der Waals surface area contributed by atoms with Gasteiger partial charge in [0.2, 0.25) is 11.8 Å². The molecule has 0 spiro atoms. The summed E-state index contributed by atoms with van der Waals surface area (Å²) in [6, 6.07) is -2.80. The SMILES string of the molecule is CCCOC(=O)N[C@H](COC(=O)OC(C)C)C(=O)N[C@@H](C)C(=O)N[C@H]1CCCN(C(=N)N)C1OCC. The lowest BCUT2D eigenvalue weighted by Crippen LogP contribution is -2.62. The van der Waals surface area contributed by atoms with Gasteiger partial charge in [0.05, 0.1) is 18.8 Å². The monoisotopic (exact) mass is 516 g/mol. The van der Waals surface area contributed by atoms with Gasteiger partial charge in [-0.15, -0.1) is 0 Å². The highest BCUT2D eigenvalue weighted by atomic mass is 16.7. The summed E-state index contributed by atoms with van der Waals surface area (Å²) in [5.74, 6) is -1.43. The molecule has 206 valence electrons. The van der Waals surface area contributed by atoms with Crippen LogP contribution in [0.5, 0.6) is 0 Å². The second-order valence-electron chi connectivity index (χ2n) is 8.47. The highest BCUT2D eigenvalue weighted by Gasteiger charge is 2.35. The first kappa shape index (κ1) is 30.7. The second-order valence-corrected chi connectivity index (χ2v) is 8.47. The number of carbonyl (C=O) groups is 4. The van der Waals surface area contributed by atoms with Crippen molar-refractivity contribution >= 4 is 30.0 Å². The van der Waals surface area contributed by atoms with Gasteiger partial charge < -0.3 is 45.5 Å². The summed E-state index contributed by atoms with van der Waals surface area (Å²) < 4.78 is 20.4. The number of guanidine groups is 1. The van der Waals surface area contributed by atoms with Crippen LogP contribution in [0.1, 0.15) is 53.9 Å². The van der Waals surface area contributed by atoms with Crippen molar-refractivity contribution < 1.29 is 38.1 Å². The normalized spacial score (nSPS) is 19.0. The Kier molecular flexibility index (Phi) is 13.4. The molecule has 1 rings (SSSR count). The summed E-state index contributed by atoms with van der Waals surface area (Å²) in [6.07, 6.45) is -1.08. The molecular weight excluding hydrogens is 476 g/mol. The molecule has 36 heavy (non-hydrogen) atoms. The maximum atomic E-state index is 12.8. The molecule has 1 unspecified atom stereocenters. The number of alkyl carbamates (subject to hydrolysis) is 1. The molecule has 14 nitrogen and oxygen atoms in total. The van der Waals surface area contributed by atoms with Crippen LogP contribution in [0.3, 0.4) is 0 Å². The average molecular weight is 517 g/mol. The van der Waals surface area contributed by atoms with Gasteiger partial charge in [0.15, 0.2) is 12.2 Å².